The molecule has 2 nitrogen and oxygen atoms in total. The minimum atomic E-state index is -0.460. The van der Waals surface area contributed by atoms with E-state index in [1.54, 1.807) is 18.2 Å². The van der Waals surface area contributed by atoms with Gasteiger partial charge in [-0.15, -0.1) is 0 Å². The number of halogens is 4. The maximum absolute atomic E-state index is 13.3. The summed E-state index contributed by atoms with van der Waals surface area (Å²) in [5.74, 6) is 0.155. The van der Waals surface area contributed by atoms with Crippen LogP contribution in [0.1, 0.15) is 5.56 Å². The first-order valence-corrected chi connectivity index (χ1v) is 7.25. The highest BCUT2D eigenvalue weighted by molar-refractivity contribution is 9.11. The van der Waals surface area contributed by atoms with Crippen molar-refractivity contribution < 1.29 is 9.13 Å². The lowest BCUT2D eigenvalue weighted by Crippen LogP contribution is -1.98. The van der Waals surface area contributed by atoms with Crippen LogP contribution in [-0.4, -0.2) is 0 Å². The molecular formula is C13H9Br2ClFNO. The van der Waals surface area contributed by atoms with Gasteiger partial charge in [0.25, 0.3) is 0 Å². The number of hydrogen-bond acceptors (Lipinski definition) is 2. The second kappa shape index (κ2) is 6.11. The summed E-state index contributed by atoms with van der Waals surface area (Å²) in [6.07, 6.45) is 0. The number of hydrogen-bond donors (Lipinski definition) is 1. The van der Waals surface area contributed by atoms with E-state index in [9.17, 15) is 4.39 Å². The quantitative estimate of drug-likeness (QED) is 0.711. The largest absolute Gasteiger partial charge is 0.487 e. The van der Waals surface area contributed by atoms with Crippen molar-refractivity contribution >= 4 is 49.1 Å². The van der Waals surface area contributed by atoms with Gasteiger partial charge in [0.05, 0.1) is 14.0 Å². The molecule has 0 bridgehead atoms. The van der Waals surface area contributed by atoms with Crippen LogP contribution in [-0.2, 0) is 6.61 Å². The van der Waals surface area contributed by atoms with Crippen LogP contribution >= 0.6 is 43.5 Å². The molecule has 0 saturated carbocycles. The summed E-state index contributed by atoms with van der Waals surface area (Å²) in [4.78, 5) is 0. The molecule has 0 amide bonds. The van der Waals surface area contributed by atoms with Crippen molar-refractivity contribution in [2.75, 3.05) is 5.73 Å². The minimum Gasteiger partial charge on any atom is -0.487 e. The molecule has 100 valence electrons. The van der Waals surface area contributed by atoms with Crippen molar-refractivity contribution in [1.82, 2.24) is 0 Å². The van der Waals surface area contributed by atoms with Gasteiger partial charge in [0, 0.05) is 5.69 Å². The number of nitrogens with two attached hydrogens (primary N) is 1. The third-order valence-electron chi connectivity index (χ3n) is 2.39. The van der Waals surface area contributed by atoms with Gasteiger partial charge < -0.3 is 10.5 Å². The first-order chi connectivity index (χ1) is 8.97. The van der Waals surface area contributed by atoms with Crippen LogP contribution in [0.5, 0.6) is 5.75 Å². The van der Waals surface area contributed by atoms with E-state index in [1.807, 2.05) is 0 Å². The van der Waals surface area contributed by atoms with Gasteiger partial charge in [-0.1, -0.05) is 17.7 Å². The standard InChI is InChI=1S/C13H9Br2ClFNO/c14-9-4-8(18)5-10(15)13(9)19-6-7-1-2-11(16)12(17)3-7/h1-5H,6,18H2. The molecule has 0 unspecified atom stereocenters. The molecule has 0 aliphatic heterocycles. The van der Waals surface area contributed by atoms with Gasteiger partial charge in [0.1, 0.15) is 18.2 Å². The maximum atomic E-state index is 13.3. The topological polar surface area (TPSA) is 35.2 Å². The van der Waals surface area contributed by atoms with Crippen LogP contribution in [0.3, 0.4) is 0 Å². The second-order valence-electron chi connectivity index (χ2n) is 3.85. The van der Waals surface area contributed by atoms with Crippen molar-refractivity contribution in [3.63, 3.8) is 0 Å². The van der Waals surface area contributed by atoms with Crippen molar-refractivity contribution in [1.29, 1.82) is 0 Å². The molecule has 0 fully saturated rings. The number of ether oxygens (including phenoxy) is 1. The lowest BCUT2D eigenvalue weighted by Gasteiger charge is -2.11. The normalized spacial score (nSPS) is 10.5. The molecule has 0 atom stereocenters. The number of benzene rings is 2. The van der Waals surface area contributed by atoms with Crippen molar-refractivity contribution in [3.05, 3.63) is 55.7 Å². The third kappa shape index (κ3) is 3.61. The molecule has 0 radical (unpaired) electrons. The van der Waals surface area contributed by atoms with E-state index in [2.05, 4.69) is 31.9 Å². The first kappa shape index (κ1) is 14.6. The average molecular weight is 409 g/mol. The van der Waals surface area contributed by atoms with E-state index < -0.39 is 5.82 Å². The van der Waals surface area contributed by atoms with E-state index in [4.69, 9.17) is 22.1 Å². The SMILES string of the molecule is Nc1cc(Br)c(OCc2ccc(Cl)c(F)c2)c(Br)c1. The summed E-state index contributed by atoms with van der Waals surface area (Å²) < 4.78 is 20.4. The summed E-state index contributed by atoms with van der Waals surface area (Å²) in [5, 5.41) is 0.0959. The van der Waals surface area contributed by atoms with E-state index in [0.717, 1.165) is 8.95 Å². The highest BCUT2D eigenvalue weighted by Gasteiger charge is 2.09. The molecule has 0 aliphatic rings. The van der Waals surface area contributed by atoms with Crippen LogP contribution in [0, 0.1) is 5.82 Å². The molecule has 0 aliphatic carbocycles. The molecule has 2 aromatic carbocycles. The Kier molecular flexibility index (Phi) is 4.71. The monoisotopic (exact) mass is 407 g/mol. The number of nitrogen functional groups attached to an aromatic ring is 1. The summed E-state index contributed by atoms with van der Waals surface area (Å²) >= 11 is 12.4. The molecule has 2 N–H and O–H groups in total. The van der Waals surface area contributed by atoms with Crippen molar-refractivity contribution in [3.8, 4) is 5.75 Å². The summed E-state index contributed by atoms with van der Waals surface area (Å²) in [6, 6.07) is 8.04. The van der Waals surface area contributed by atoms with E-state index in [0.29, 0.717) is 17.0 Å². The Balaban J connectivity index is 2.16. The van der Waals surface area contributed by atoms with E-state index in [1.165, 1.54) is 12.1 Å². The van der Waals surface area contributed by atoms with Crippen LogP contribution in [0.4, 0.5) is 10.1 Å². The number of anilines is 1. The first-order valence-electron chi connectivity index (χ1n) is 5.28. The fourth-order valence-corrected chi connectivity index (χ4v) is 3.07. The fraction of sp³-hybridized carbons (Fsp3) is 0.0769. The smallest absolute Gasteiger partial charge is 0.148 e. The van der Waals surface area contributed by atoms with Gasteiger partial charge in [0.15, 0.2) is 0 Å². The highest BCUT2D eigenvalue weighted by Crippen LogP contribution is 2.36. The second-order valence-corrected chi connectivity index (χ2v) is 5.97. The van der Waals surface area contributed by atoms with Gasteiger partial charge in [-0.3, -0.25) is 0 Å². The van der Waals surface area contributed by atoms with Crippen LogP contribution in [0.25, 0.3) is 0 Å². The molecule has 0 aromatic heterocycles. The van der Waals surface area contributed by atoms with Gasteiger partial charge in [-0.2, -0.15) is 0 Å². The van der Waals surface area contributed by atoms with Crippen LogP contribution in [0.2, 0.25) is 5.02 Å². The molecule has 6 heteroatoms. The Morgan fingerprint density at radius 2 is 1.79 bits per heavy atom. The van der Waals surface area contributed by atoms with Gasteiger partial charge in [-0.05, 0) is 61.7 Å². The predicted molar refractivity (Wildman–Crippen MR) is 82.0 cm³/mol. The summed E-state index contributed by atoms with van der Waals surface area (Å²) in [6.45, 7) is 0.231. The van der Waals surface area contributed by atoms with E-state index >= 15 is 0 Å². The van der Waals surface area contributed by atoms with E-state index in [-0.39, 0.29) is 11.6 Å². The fourth-order valence-electron chi connectivity index (χ4n) is 1.50. The molecule has 0 spiro atoms. The predicted octanol–water partition coefficient (Wildman–Crippen LogP) is 5.17. The van der Waals surface area contributed by atoms with Crippen molar-refractivity contribution in [2.24, 2.45) is 0 Å². The molecule has 19 heavy (non-hydrogen) atoms. The lowest BCUT2D eigenvalue weighted by molar-refractivity contribution is 0.301. The van der Waals surface area contributed by atoms with Crippen LogP contribution in [0.15, 0.2) is 39.3 Å². The molecule has 2 aromatic rings. The zero-order chi connectivity index (χ0) is 14.0. The van der Waals surface area contributed by atoms with Gasteiger partial charge in [-0.25, -0.2) is 4.39 Å². The summed E-state index contributed by atoms with van der Waals surface area (Å²) in [7, 11) is 0. The Hall–Kier alpha value is -0.780. The molecule has 0 saturated heterocycles. The lowest BCUT2D eigenvalue weighted by atomic mass is 10.2. The molecule has 2 rings (SSSR count). The Labute approximate surface area is 132 Å². The molecule has 0 heterocycles. The maximum Gasteiger partial charge on any atom is 0.148 e. The Morgan fingerprint density at radius 1 is 1.16 bits per heavy atom. The average Bonchev–Trinajstić information content (AvgIpc) is 2.32. The van der Waals surface area contributed by atoms with Gasteiger partial charge in [0.2, 0.25) is 0 Å². The summed E-state index contributed by atoms with van der Waals surface area (Å²) in [5.41, 5.74) is 7.00. The zero-order valence-electron chi connectivity index (χ0n) is 9.59. The Bertz CT molecular complexity index is 599. The van der Waals surface area contributed by atoms with Crippen molar-refractivity contribution in [2.45, 2.75) is 6.61 Å². The third-order valence-corrected chi connectivity index (χ3v) is 3.87. The van der Waals surface area contributed by atoms with Gasteiger partial charge >= 0.3 is 0 Å². The molecular weight excluding hydrogens is 400 g/mol. The Morgan fingerprint density at radius 3 is 2.37 bits per heavy atom. The highest BCUT2D eigenvalue weighted by atomic mass is 79.9. The number of rotatable bonds is 3. The van der Waals surface area contributed by atoms with Crippen LogP contribution < -0.4 is 10.5 Å². The zero-order valence-corrected chi connectivity index (χ0v) is 13.5. The minimum absolute atomic E-state index is 0.0959.